The summed E-state index contributed by atoms with van der Waals surface area (Å²) < 4.78 is 0. The molecule has 0 aromatic rings. The second kappa shape index (κ2) is 5.80. The number of nitrogens with zero attached hydrogens (tertiary/aromatic N) is 4. The molecule has 2 aliphatic carbocycles. The van der Waals surface area contributed by atoms with Gasteiger partial charge in [0.1, 0.15) is 11.1 Å². The summed E-state index contributed by atoms with van der Waals surface area (Å²) in [7, 11) is 0. The van der Waals surface area contributed by atoms with Crippen LogP contribution in [0.25, 0.3) is 11.1 Å². The van der Waals surface area contributed by atoms with E-state index >= 15 is 0 Å². The van der Waals surface area contributed by atoms with Gasteiger partial charge in [0.05, 0.1) is 0 Å². The molecule has 0 aliphatic heterocycles. The SMILES string of the molecule is [N-]=[N+]=C1C=CC(=C2C=CC(=[N+]=[N-])C(C(=O)O)=C2)C=C1C(=O)O. The van der Waals surface area contributed by atoms with Gasteiger partial charge < -0.3 is 21.3 Å². The van der Waals surface area contributed by atoms with Crippen LogP contribution in [0.4, 0.5) is 0 Å². The molecule has 22 heavy (non-hydrogen) atoms. The van der Waals surface area contributed by atoms with E-state index in [1.54, 1.807) is 0 Å². The molecule has 0 heterocycles. The van der Waals surface area contributed by atoms with Crippen molar-refractivity contribution in [1.82, 2.24) is 0 Å². The maximum atomic E-state index is 11.1. The van der Waals surface area contributed by atoms with Crippen molar-refractivity contribution in [2.45, 2.75) is 0 Å². The molecular weight excluding hydrogens is 288 g/mol. The van der Waals surface area contributed by atoms with Gasteiger partial charge in [0.15, 0.2) is 0 Å². The molecule has 0 amide bonds. The normalized spacial score (nSPS) is 20.0. The van der Waals surface area contributed by atoms with Crippen molar-refractivity contribution >= 4 is 23.4 Å². The van der Waals surface area contributed by atoms with Crippen molar-refractivity contribution < 1.29 is 29.4 Å². The molecule has 0 saturated carbocycles. The Labute approximate surface area is 123 Å². The first kappa shape index (κ1) is 14.8. The molecule has 0 aromatic carbocycles. The van der Waals surface area contributed by atoms with E-state index < -0.39 is 11.9 Å². The van der Waals surface area contributed by atoms with E-state index in [2.05, 4.69) is 9.58 Å². The van der Waals surface area contributed by atoms with E-state index in [0.29, 0.717) is 11.1 Å². The third-order valence-corrected chi connectivity index (χ3v) is 3.00. The average molecular weight is 296 g/mol. The average Bonchev–Trinajstić information content (AvgIpc) is 2.53. The van der Waals surface area contributed by atoms with Crippen LogP contribution in [0.15, 0.2) is 58.7 Å². The third kappa shape index (κ3) is 2.64. The van der Waals surface area contributed by atoms with Gasteiger partial charge in [-0.1, -0.05) is 0 Å². The van der Waals surface area contributed by atoms with Crippen molar-refractivity contribution in [3.63, 3.8) is 0 Å². The van der Waals surface area contributed by atoms with E-state index in [1.807, 2.05) is 0 Å². The van der Waals surface area contributed by atoms with Crippen LogP contribution in [0.1, 0.15) is 0 Å². The Morgan fingerprint density at radius 3 is 1.41 bits per heavy atom. The van der Waals surface area contributed by atoms with Gasteiger partial charge in [0.25, 0.3) is 0 Å². The Balaban J connectivity index is 2.62. The smallest absolute Gasteiger partial charge is 0.343 e. The Bertz CT molecular complexity index is 772. The van der Waals surface area contributed by atoms with Crippen LogP contribution >= 0.6 is 0 Å². The quantitative estimate of drug-likeness (QED) is 0.572. The molecule has 0 aromatic heterocycles. The fraction of sp³-hybridized carbons (Fsp3) is 0. The fourth-order valence-electron chi connectivity index (χ4n) is 1.95. The first-order valence-corrected chi connectivity index (χ1v) is 5.93. The summed E-state index contributed by atoms with van der Waals surface area (Å²) in [5.41, 5.74) is 17.7. The molecule has 0 radical (unpaired) electrons. The number of carboxylic acids is 2. The van der Waals surface area contributed by atoms with Crippen LogP contribution in [0.3, 0.4) is 0 Å². The summed E-state index contributed by atoms with van der Waals surface area (Å²) in [5, 5.41) is 18.2. The van der Waals surface area contributed by atoms with Crippen molar-refractivity contribution in [2.24, 2.45) is 0 Å². The third-order valence-electron chi connectivity index (χ3n) is 3.00. The molecular formula is C14H8N4O4. The molecule has 0 unspecified atom stereocenters. The molecule has 0 bridgehead atoms. The van der Waals surface area contributed by atoms with Crippen LogP contribution in [-0.4, -0.2) is 43.2 Å². The second-order valence-electron chi connectivity index (χ2n) is 4.27. The van der Waals surface area contributed by atoms with Gasteiger partial charge in [-0.2, -0.15) is 9.58 Å². The van der Waals surface area contributed by atoms with Gasteiger partial charge in [0, 0.05) is 12.2 Å². The van der Waals surface area contributed by atoms with Gasteiger partial charge >= 0.3 is 23.4 Å². The second-order valence-corrected chi connectivity index (χ2v) is 4.27. The number of carbonyl (C=O) groups is 2. The van der Waals surface area contributed by atoms with Crippen molar-refractivity contribution in [1.29, 1.82) is 0 Å². The number of hydrogen-bond acceptors (Lipinski definition) is 2. The lowest BCUT2D eigenvalue weighted by atomic mass is 9.92. The van der Waals surface area contributed by atoms with Crippen LogP contribution in [0.5, 0.6) is 0 Å². The van der Waals surface area contributed by atoms with E-state index in [1.165, 1.54) is 36.5 Å². The zero-order valence-electron chi connectivity index (χ0n) is 11.0. The van der Waals surface area contributed by atoms with Crippen molar-refractivity contribution in [3.8, 4) is 0 Å². The Hall–Kier alpha value is -3.60. The van der Waals surface area contributed by atoms with Gasteiger partial charge in [-0.05, 0) is 35.5 Å². The van der Waals surface area contributed by atoms with Gasteiger partial charge in [-0.3, -0.25) is 0 Å². The lowest BCUT2D eigenvalue weighted by Gasteiger charge is -2.09. The zero-order chi connectivity index (χ0) is 16.3. The molecule has 8 nitrogen and oxygen atoms in total. The predicted octanol–water partition coefficient (Wildman–Crippen LogP) is 0.786. The molecule has 2 aliphatic rings. The van der Waals surface area contributed by atoms with Gasteiger partial charge in [-0.15, -0.1) is 0 Å². The number of aliphatic carboxylic acids is 2. The monoisotopic (exact) mass is 296 g/mol. The summed E-state index contributed by atoms with van der Waals surface area (Å²) in [6.07, 6.45) is 8.08. The van der Waals surface area contributed by atoms with E-state index in [-0.39, 0.29) is 22.6 Å². The predicted molar refractivity (Wildman–Crippen MR) is 74.0 cm³/mol. The van der Waals surface area contributed by atoms with Crippen LogP contribution in [0, 0.1) is 0 Å². The number of hydrogen-bond donors (Lipinski definition) is 2. The van der Waals surface area contributed by atoms with Gasteiger partial charge in [0.2, 0.25) is 0 Å². The van der Waals surface area contributed by atoms with Crippen LogP contribution < -0.4 is 0 Å². The summed E-state index contributed by atoms with van der Waals surface area (Å²) in [6.45, 7) is 0. The zero-order valence-corrected chi connectivity index (χ0v) is 11.0. The van der Waals surface area contributed by atoms with Gasteiger partial charge in [-0.25, -0.2) is 9.59 Å². The minimum atomic E-state index is -1.28. The van der Waals surface area contributed by atoms with E-state index in [9.17, 15) is 9.59 Å². The lowest BCUT2D eigenvalue weighted by molar-refractivity contribution is -0.133. The summed E-state index contributed by atoms with van der Waals surface area (Å²) in [5.74, 6) is -2.56. The topological polar surface area (TPSA) is 147 Å². The lowest BCUT2D eigenvalue weighted by Crippen LogP contribution is -2.16. The molecule has 0 atom stereocenters. The van der Waals surface area contributed by atoms with Crippen LogP contribution in [-0.2, 0) is 9.59 Å². The van der Waals surface area contributed by atoms with Crippen molar-refractivity contribution in [3.05, 3.63) is 69.8 Å². The summed E-state index contributed by atoms with van der Waals surface area (Å²) >= 11 is 0. The van der Waals surface area contributed by atoms with Crippen LogP contribution in [0.2, 0.25) is 0 Å². The molecule has 2 N–H and O–H groups in total. The molecule has 0 fully saturated rings. The Morgan fingerprint density at radius 2 is 1.14 bits per heavy atom. The highest BCUT2D eigenvalue weighted by atomic mass is 16.4. The highest BCUT2D eigenvalue weighted by Crippen LogP contribution is 2.22. The van der Waals surface area contributed by atoms with E-state index in [0.717, 1.165) is 0 Å². The van der Waals surface area contributed by atoms with E-state index in [4.69, 9.17) is 21.3 Å². The molecule has 0 saturated heterocycles. The summed E-state index contributed by atoms with van der Waals surface area (Å²) in [6, 6.07) is 0. The summed E-state index contributed by atoms with van der Waals surface area (Å²) in [4.78, 5) is 28.0. The highest BCUT2D eigenvalue weighted by molar-refractivity contribution is 6.24. The molecule has 0 spiro atoms. The number of rotatable bonds is 2. The minimum absolute atomic E-state index is 0.114. The Morgan fingerprint density at radius 1 is 0.773 bits per heavy atom. The van der Waals surface area contributed by atoms with Crippen molar-refractivity contribution in [2.75, 3.05) is 0 Å². The number of carboxylic acid groups (broad SMARTS) is 2. The first-order chi connectivity index (χ1) is 10.5. The molecule has 8 heteroatoms. The number of allylic oxidation sites excluding steroid dienone is 8. The fourth-order valence-corrected chi connectivity index (χ4v) is 1.95. The molecule has 2 rings (SSSR count). The largest absolute Gasteiger partial charge is 0.477 e. The Kier molecular flexibility index (Phi) is 3.90. The highest BCUT2D eigenvalue weighted by Gasteiger charge is 2.27. The first-order valence-electron chi connectivity index (χ1n) is 5.93. The maximum Gasteiger partial charge on any atom is 0.343 e. The standard InChI is InChI=1S/C14H8N4O4/c15-17-11-3-1-7(5-9(11)13(19)20)8-2-4-12(18-16)10(6-8)14(21)22/h1-6H,(H,19,20)(H,21,22). The minimum Gasteiger partial charge on any atom is -0.477 e. The molecule has 108 valence electrons. The maximum absolute atomic E-state index is 11.1.